The standard InChI is InChI=1S/C27H39F2NO4/c1-16(2)20-11-10-17(3)12-23(20)33-25(31)22-14-18(13-19-8-7-9-21(28)24(19)29)15-30(22)26(32)34-27(4,5)6/h7-9,16-18,20,22-23H,10-15H2,1-6H3/t17-,18?,20+,22?,23-/m1/s1. The third-order valence-electron chi connectivity index (χ3n) is 7.06. The van der Waals surface area contributed by atoms with E-state index in [-0.39, 0.29) is 36.5 Å². The van der Waals surface area contributed by atoms with Gasteiger partial charge in [0.1, 0.15) is 17.7 Å². The van der Waals surface area contributed by atoms with Gasteiger partial charge in [0.2, 0.25) is 0 Å². The molecule has 5 atom stereocenters. The second-order valence-corrected chi connectivity index (χ2v) is 11.5. The highest BCUT2D eigenvalue weighted by molar-refractivity contribution is 5.82. The van der Waals surface area contributed by atoms with Crippen molar-refractivity contribution in [2.24, 2.45) is 23.7 Å². The quantitative estimate of drug-likeness (QED) is 0.476. The van der Waals surface area contributed by atoms with Gasteiger partial charge in [-0.1, -0.05) is 39.3 Å². The molecular formula is C27H39F2NO4. The summed E-state index contributed by atoms with van der Waals surface area (Å²) < 4.78 is 39.6. The number of halogens is 2. The number of hydrogen-bond donors (Lipinski definition) is 0. The van der Waals surface area contributed by atoms with Gasteiger partial charge >= 0.3 is 12.1 Å². The number of rotatable bonds is 5. The third kappa shape index (κ3) is 6.48. The lowest BCUT2D eigenvalue weighted by Crippen LogP contribution is -2.46. The van der Waals surface area contributed by atoms with E-state index >= 15 is 0 Å². The Hall–Kier alpha value is -2.18. The molecule has 1 aliphatic carbocycles. The van der Waals surface area contributed by atoms with Gasteiger partial charge in [-0.25, -0.2) is 18.4 Å². The minimum absolute atomic E-state index is 0.184. The van der Waals surface area contributed by atoms with Crippen LogP contribution in [0.25, 0.3) is 0 Å². The van der Waals surface area contributed by atoms with Gasteiger partial charge in [0.25, 0.3) is 0 Å². The maximum atomic E-state index is 14.3. The molecule has 2 aliphatic rings. The van der Waals surface area contributed by atoms with Gasteiger partial charge in [0, 0.05) is 6.54 Å². The molecule has 5 nitrogen and oxygen atoms in total. The number of carbonyl (C=O) groups is 2. The van der Waals surface area contributed by atoms with Crippen LogP contribution in [0.5, 0.6) is 0 Å². The van der Waals surface area contributed by atoms with Crippen molar-refractivity contribution in [3.05, 3.63) is 35.4 Å². The molecule has 1 heterocycles. The molecule has 7 heteroatoms. The average Bonchev–Trinajstić information content (AvgIpc) is 3.14. The number of amides is 1. The van der Waals surface area contributed by atoms with Crippen LogP contribution in [0.1, 0.15) is 72.8 Å². The van der Waals surface area contributed by atoms with E-state index in [9.17, 15) is 18.4 Å². The molecule has 1 aromatic carbocycles. The normalized spacial score (nSPS) is 27.7. The van der Waals surface area contributed by atoms with Gasteiger partial charge in [-0.15, -0.1) is 0 Å². The molecule has 0 N–H and O–H groups in total. The molecule has 1 aromatic rings. The van der Waals surface area contributed by atoms with Gasteiger partial charge in [0.05, 0.1) is 0 Å². The fourth-order valence-corrected chi connectivity index (χ4v) is 5.31. The molecule has 0 aromatic heterocycles. The van der Waals surface area contributed by atoms with E-state index in [2.05, 4.69) is 20.8 Å². The van der Waals surface area contributed by atoms with Crippen LogP contribution in [0, 0.1) is 35.3 Å². The maximum absolute atomic E-state index is 14.3. The first-order chi connectivity index (χ1) is 15.9. The molecule has 34 heavy (non-hydrogen) atoms. The first kappa shape index (κ1) is 26.4. The second-order valence-electron chi connectivity index (χ2n) is 11.5. The van der Waals surface area contributed by atoms with E-state index in [1.54, 1.807) is 26.8 Å². The maximum Gasteiger partial charge on any atom is 0.411 e. The monoisotopic (exact) mass is 479 g/mol. The summed E-state index contributed by atoms with van der Waals surface area (Å²) in [6.45, 7) is 12.0. The van der Waals surface area contributed by atoms with Crippen molar-refractivity contribution in [1.29, 1.82) is 0 Å². The highest BCUT2D eigenvalue weighted by Crippen LogP contribution is 2.37. The first-order valence-electron chi connectivity index (χ1n) is 12.5. The van der Waals surface area contributed by atoms with E-state index in [1.807, 2.05) is 0 Å². The Labute approximate surface area is 202 Å². The van der Waals surface area contributed by atoms with E-state index in [0.29, 0.717) is 18.3 Å². The summed E-state index contributed by atoms with van der Waals surface area (Å²) in [5.74, 6) is -1.28. The Morgan fingerprint density at radius 3 is 2.50 bits per heavy atom. The molecule has 3 rings (SSSR count). The predicted octanol–water partition coefficient (Wildman–Crippen LogP) is 6.14. The molecule has 1 amide bonds. The third-order valence-corrected chi connectivity index (χ3v) is 7.06. The average molecular weight is 480 g/mol. The summed E-state index contributed by atoms with van der Waals surface area (Å²) in [6, 6.07) is 3.29. The number of hydrogen-bond acceptors (Lipinski definition) is 4. The van der Waals surface area contributed by atoms with Gasteiger partial charge in [-0.2, -0.15) is 0 Å². The Balaban J connectivity index is 1.78. The molecule has 190 valence electrons. The number of nitrogens with zero attached hydrogens (tertiary/aromatic N) is 1. The Morgan fingerprint density at radius 2 is 1.85 bits per heavy atom. The zero-order valence-corrected chi connectivity index (χ0v) is 21.3. The number of ether oxygens (including phenoxy) is 2. The lowest BCUT2D eigenvalue weighted by molar-refractivity contribution is -0.161. The van der Waals surface area contributed by atoms with Crippen LogP contribution >= 0.6 is 0 Å². The molecule has 2 unspecified atom stereocenters. The van der Waals surface area contributed by atoms with E-state index in [4.69, 9.17) is 9.47 Å². The fraction of sp³-hybridized carbons (Fsp3) is 0.704. The summed E-state index contributed by atoms with van der Waals surface area (Å²) in [5.41, 5.74) is -0.482. The summed E-state index contributed by atoms with van der Waals surface area (Å²) in [4.78, 5) is 27.8. The van der Waals surface area contributed by atoms with Crippen LogP contribution < -0.4 is 0 Å². The predicted molar refractivity (Wildman–Crippen MR) is 126 cm³/mol. The minimum atomic E-state index is -0.901. The summed E-state index contributed by atoms with van der Waals surface area (Å²) in [6.07, 6.45) is 2.71. The van der Waals surface area contributed by atoms with Crippen molar-refractivity contribution < 1.29 is 27.8 Å². The zero-order chi connectivity index (χ0) is 25.2. The van der Waals surface area contributed by atoms with E-state index < -0.39 is 35.3 Å². The Bertz CT molecular complexity index is 882. The zero-order valence-electron chi connectivity index (χ0n) is 21.3. The van der Waals surface area contributed by atoms with Crippen molar-refractivity contribution >= 4 is 12.1 Å². The van der Waals surface area contributed by atoms with E-state index in [1.165, 1.54) is 11.0 Å². The van der Waals surface area contributed by atoms with Gasteiger partial charge in [-0.05, 0) is 81.8 Å². The second kappa shape index (κ2) is 10.6. The van der Waals surface area contributed by atoms with Crippen LogP contribution in [-0.2, 0) is 20.7 Å². The van der Waals surface area contributed by atoms with Crippen molar-refractivity contribution in [2.75, 3.05) is 6.54 Å². The van der Waals surface area contributed by atoms with Crippen molar-refractivity contribution in [1.82, 2.24) is 4.90 Å². The summed E-state index contributed by atoms with van der Waals surface area (Å²) >= 11 is 0. The van der Waals surface area contributed by atoms with Crippen LogP contribution in [0.4, 0.5) is 13.6 Å². The lowest BCUT2D eigenvalue weighted by atomic mass is 9.75. The van der Waals surface area contributed by atoms with Crippen LogP contribution in [0.15, 0.2) is 18.2 Å². The minimum Gasteiger partial charge on any atom is -0.461 e. The van der Waals surface area contributed by atoms with Crippen molar-refractivity contribution in [2.45, 2.75) is 91.4 Å². The SMILES string of the molecule is CC(C)[C@@H]1CC[C@@H](C)C[C@H]1OC(=O)C1CC(Cc2cccc(F)c2F)CN1C(=O)OC(C)(C)C. The smallest absolute Gasteiger partial charge is 0.411 e. The van der Waals surface area contributed by atoms with Gasteiger partial charge in [-0.3, -0.25) is 4.90 Å². The number of benzene rings is 1. The van der Waals surface area contributed by atoms with Gasteiger partial charge in [0.15, 0.2) is 11.6 Å². The topological polar surface area (TPSA) is 55.8 Å². The number of carbonyl (C=O) groups excluding carboxylic acids is 2. The highest BCUT2D eigenvalue weighted by Gasteiger charge is 2.44. The van der Waals surface area contributed by atoms with Crippen LogP contribution in [0.2, 0.25) is 0 Å². The Morgan fingerprint density at radius 1 is 1.15 bits per heavy atom. The summed E-state index contributed by atoms with van der Waals surface area (Å²) in [5, 5.41) is 0. The van der Waals surface area contributed by atoms with Crippen molar-refractivity contribution in [3.8, 4) is 0 Å². The molecule has 0 spiro atoms. The first-order valence-corrected chi connectivity index (χ1v) is 12.5. The largest absolute Gasteiger partial charge is 0.461 e. The summed E-state index contributed by atoms with van der Waals surface area (Å²) in [7, 11) is 0. The molecule has 1 saturated carbocycles. The molecule has 1 aliphatic heterocycles. The van der Waals surface area contributed by atoms with Crippen LogP contribution in [0.3, 0.4) is 0 Å². The highest BCUT2D eigenvalue weighted by atomic mass is 19.2. The van der Waals surface area contributed by atoms with E-state index in [0.717, 1.165) is 25.3 Å². The number of likely N-dealkylation sites (tertiary alicyclic amines) is 1. The molecule has 0 radical (unpaired) electrons. The number of esters is 1. The molecule has 2 fully saturated rings. The molecule has 1 saturated heterocycles. The molecular weight excluding hydrogens is 440 g/mol. The fourth-order valence-electron chi connectivity index (χ4n) is 5.31. The lowest BCUT2D eigenvalue weighted by Gasteiger charge is -2.37. The van der Waals surface area contributed by atoms with Gasteiger partial charge < -0.3 is 9.47 Å². The Kier molecular flexibility index (Phi) is 8.25. The van der Waals surface area contributed by atoms with Crippen LogP contribution in [-0.4, -0.2) is 41.3 Å². The molecule has 0 bridgehead atoms. The van der Waals surface area contributed by atoms with Crippen molar-refractivity contribution in [3.63, 3.8) is 0 Å².